The zero-order valence-corrected chi connectivity index (χ0v) is 11.5. The molecule has 0 saturated heterocycles. The van der Waals surface area contributed by atoms with E-state index in [1.807, 2.05) is 0 Å². The number of methoxy groups -OCH3 is 1. The lowest BCUT2D eigenvalue weighted by atomic mass is 10.2. The molecular formula is C14H12ClN3O2. The van der Waals surface area contributed by atoms with E-state index in [0.717, 1.165) is 5.56 Å². The number of carbonyl (C=O) groups excluding carboxylic acids is 1. The topological polar surface area (TPSA) is 63.6 Å². The van der Waals surface area contributed by atoms with Gasteiger partial charge in [-0.15, -0.1) is 0 Å². The molecule has 2 rings (SSSR count). The van der Waals surface area contributed by atoms with Gasteiger partial charge in [-0.1, -0.05) is 11.6 Å². The summed E-state index contributed by atoms with van der Waals surface area (Å²) in [5.41, 5.74) is 3.67. The molecule has 0 saturated carbocycles. The highest BCUT2D eigenvalue weighted by Crippen LogP contribution is 2.24. The maximum absolute atomic E-state index is 11.7. The van der Waals surface area contributed by atoms with Gasteiger partial charge in [0.25, 0.3) is 5.91 Å². The fourth-order valence-electron chi connectivity index (χ4n) is 1.50. The number of rotatable bonds is 4. The standard InChI is InChI=1S/C14H12ClN3O2/c1-20-13-3-2-10(8-12(13)15)9-17-18-14(19)11-4-6-16-7-5-11/h2-9H,1H3,(H,18,19). The van der Waals surface area contributed by atoms with Gasteiger partial charge in [0.2, 0.25) is 0 Å². The molecule has 0 aliphatic rings. The molecule has 1 heterocycles. The summed E-state index contributed by atoms with van der Waals surface area (Å²) in [6.07, 6.45) is 4.59. The minimum atomic E-state index is -0.303. The van der Waals surface area contributed by atoms with Gasteiger partial charge >= 0.3 is 0 Å². The van der Waals surface area contributed by atoms with E-state index in [2.05, 4.69) is 15.5 Å². The first-order chi connectivity index (χ1) is 9.70. The first-order valence-electron chi connectivity index (χ1n) is 5.77. The number of carbonyl (C=O) groups is 1. The summed E-state index contributed by atoms with van der Waals surface area (Å²) >= 11 is 5.99. The third-order valence-corrected chi connectivity index (χ3v) is 2.79. The predicted octanol–water partition coefficient (Wildman–Crippen LogP) is 2.51. The van der Waals surface area contributed by atoms with Crippen LogP contribution in [0.2, 0.25) is 5.02 Å². The van der Waals surface area contributed by atoms with Crippen LogP contribution >= 0.6 is 11.6 Å². The van der Waals surface area contributed by atoms with Crippen LogP contribution in [-0.2, 0) is 0 Å². The van der Waals surface area contributed by atoms with E-state index in [1.54, 1.807) is 49.8 Å². The van der Waals surface area contributed by atoms with Crippen molar-refractivity contribution < 1.29 is 9.53 Å². The number of pyridine rings is 1. The van der Waals surface area contributed by atoms with Crippen LogP contribution in [0, 0.1) is 0 Å². The molecular weight excluding hydrogens is 278 g/mol. The van der Waals surface area contributed by atoms with Gasteiger partial charge in [0, 0.05) is 18.0 Å². The Morgan fingerprint density at radius 1 is 1.35 bits per heavy atom. The van der Waals surface area contributed by atoms with Crippen molar-refractivity contribution in [2.24, 2.45) is 5.10 Å². The lowest BCUT2D eigenvalue weighted by molar-refractivity contribution is 0.0955. The molecule has 0 radical (unpaired) electrons. The molecule has 0 bridgehead atoms. The average Bonchev–Trinajstić information content (AvgIpc) is 2.48. The molecule has 102 valence electrons. The highest BCUT2D eigenvalue weighted by atomic mass is 35.5. The molecule has 0 aliphatic heterocycles. The van der Waals surface area contributed by atoms with Crippen molar-refractivity contribution in [3.8, 4) is 5.75 Å². The number of hydrogen-bond donors (Lipinski definition) is 1. The molecule has 0 spiro atoms. The van der Waals surface area contributed by atoms with E-state index in [1.165, 1.54) is 6.21 Å². The van der Waals surface area contributed by atoms with Gasteiger partial charge in [0.1, 0.15) is 5.75 Å². The van der Waals surface area contributed by atoms with Crippen molar-refractivity contribution in [3.05, 3.63) is 58.9 Å². The normalized spacial score (nSPS) is 10.5. The number of hydrogen-bond acceptors (Lipinski definition) is 4. The lowest BCUT2D eigenvalue weighted by Crippen LogP contribution is -2.17. The van der Waals surface area contributed by atoms with Gasteiger partial charge < -0.3 is 4.74 Å². The Hall–Kier alpha value is -2.40. The summed E-state index contributed by atoms with van der Waals surface area (Å²) in [6.45, 7) is 0. The summed E-state index contributed by atoms with van der Waals surface area (Å²) in [7, 11) is 1.55. The third kappa shape index (κ3) is 3.55. The largest absolute Gasteiger partial charge is 0.495 e. The zero-order chi connectivity index (χ0) is 14.4. The van der Waals surface area contributed by atoms with Gasteiger partial charge in [-0.25, -0.2) is 5.43 Å². The van der Waals surface area contributed by atoms with Crippen LogP contribution in [0.25, 0.3) is 0 Å². The zero-order valence-electron chi connectivity index (χ0n) is 10.7. The number of hydrazone groups is 1. The number of halogens is 1. The van der Waals surface area contributed by atoms with E-state index in [9.17, 15) is 4.79 Å². The minimum absolute atomic E-state index is 0.303. The molecule has 6 heteroatoms. The summed E-state index contributed by atoms with van der Waals surface area (Å²) in [4.78, 5) is 15.5. The Morgan fingerprint density at radius 2 is 2.10 bits per heavy atom. The van der Waals surface area contributed by atoms with Crippen molar-refractivity contribution in [2.45, 2.75) is 0 Å². The second-order valence-corrected chi connectivity index (χ2v) is 4.24. The van der Waals surface area contributed by atoms with Crippen LogP contribution in [0.1, 0.15) is 15.9 Å². The average molecular weight is 290 g/mol. The molecule has 0 fully saturated rings. The van der Waals surface area contributed by atoms with Crippen molar-refractivity contribution in [1.29, 1.82) is 0 Å². The lowest BCUT2D eigenvalue weighted by Gasteiger charge is -2.03. The van der Waals surface area contributed by atoms with Gasteiger partial charge in [0.05, 0.1) is 18.3 Å². The first-order valence-corrected chi connectivity index (χ1v) is 6.15. The first kappa shape index (κ1) is 14.0. The maximum Gasteiger partial charge on any atom is 0.271 e. The van der Waals surface area contributed by atoms with E-state index < -0.39 is 0 Å². The number of nitrogens with zero attached hydrogens (tertiary/aromatic N) is 2. The molecule has 1 amide bonds. The number of nitrogens with one attached hydrogen (secondary N) is 1. The van der Waals surface area contributed by atoms with Gasteiger partial charge in [0.15, 0.2) is 0 Å². The minimum Gasteiger partial charge on any atom is -0.495 e. The Labute approximate surface area is 121 Å². The smallest absolute Gasteiger partial charge is 0.271 e. The molecule has 1 aromatic carbocycles. The monoisotopic (exact) mass is 289 g/mol. The summed E-state index contributed by atoms with van der Waals surface area (Å²) in [5, 5.41) is 4.35. The van der Waals surface area contributed by atoms with Crippen LogP contribution in [-0.4, -0.2) is 24.2 Å². The fourth-order valence-corrected chi connectivity index (χ4v) is 1.76. The van der Waals surface area contributed by atoms with Crippen LogP contribution in [0.3, 0.4) is 0 Å². The van der Waals surface area contributed by atoms with E-state index in [4.69, 9.17) is 16.3 Å². The number of ether oxygens (including phenoxy) is 1. The Balaban J connectivity index is 2.00. The SMILES string of the molecule is COc1ccc(C=NNC(=O)c2ccncc2)cc1Cl. The summed E-state index contributed by atoms with van der Waals surface area (Å²) in [6, 6.07) is 8.42. The molecule has 1 N–H and O–H groups in total. The molecule has 20 heavy (non-hydrogen) atoms. The third-order valence-electron chi connectivity index (χ3n) is 2.50. The van der Waals surface area contributed by atoms with Crippen LogP contribution in [0.4, 0.5) is 0 Å². The molecule has 0 atom stereocenters. The van der Waals surface area contributed by atoms with Crippen LogP contribution in [0.5, 0.6) is 5.75 Å². The van der Waals surface area contributed by atoms with E-state index in [0.29, 0.717) is 16.3 Å². The highest BCUT2D eigenvalue weighted by molar-refractivity contribution is 6.32. The molecule has 0 aliphatic carbocycles. The molecule has 2 aromatic rings. The van der Waals surface area contributed by atoms with Crippen LogP contribution < -0.4 is 10.2 Å². The van der Waals surface area contributed by atoms with Crippen molar-refractivity contribution in [2.75, 3.05) is 7.11 Å². The van der Waals surface area contributed by atoms with E-state index >= 15 is 0 Å². The van der Waals surface area contributed by atoms with Crippen molar-refractivity contribution in [1.82, 2.24) is 10.4 Å². The maximum atomic E-state index is 11.7. The predicted molar refractivity (Wildman–Crippen MR) is 77.3 cm³/mol. The molecule has 0 unspecified atom stereocenters. The number of aromatic nitrogens is 1. The van der Waals surface area contributed by atoms with Gasteiger partial charge in [-0.05, 0) is 35.9 Å². The van der Waals surface area contributed by atoms with Crippen LogP contribution in [0.15, 0.2) is 47.8 Å². The second kappa shape index (κ2) is 6.68. The second-order valence-electron chi connectivity index (χ2n) is 3.83. The number of benzene rings is 1. The molecule has 5 nitrogen and oxygen atoms in total. The van der Waals surface area contributed by atoms with Gasteiger partial charge in [-0.2, -0.15) is 5.10 Å². The summed E-state index contributed by atoms with van der Waals surface area (Å²) in [5.74, 6) is 0.285. The highest BCUT2D eigenvalue weighted by Gasteiger charge is 2.03. The van der Waals surface area contributed by atoms with E-state index in [-0.39, 0.29) is 5.91 Å². The Kier molecular flexibility index (Phi) is 4.68. The van der Waals surface area contributed by atoms with Crippen molar-refractivity contribution in [3.63, 3.8) is 0 Å². The molecule has 1 aromatic heterocycles. The number of amides is 1. The fraction of sp³-hybridized carbons (Fsp3) is 0.0714. The Morgan fingerprint density at radius 3 is 2.75 bits per heavy atom. The Bertz CT molecular complexity index is 630. The summed E-state index contributed by atoms with van der Waals surface area (Å²) < 4.78 is 5.05. The van der Waals surface area contributed by atoms with Crippen molar-refractivity contribution >= 4 is 23.7 Å². The quantitative estimate of drug-likeness (QED) is 0.695. The van der Waals surface area contributed by atoms with Gasteiger partial charge in [-0.3, -0.25) is 9.78 Å².